The SMILES string of the molecule is CC(C)(C)OCCC(=C(F)B1OC(C)(C)C(C)(C)O1)c1ccsc1. The molecule has 134 valence electrons. The fraction of sp³-hybridized carbons (Fsp3) is 0.667. The standard InChI is InChI=1S/C18H28BFO3S/c1-16(2,3)21-10-8-14(13-9-11-24-12-13)15(20)19-22-17(4,5)18(6,7)23-19/h9,11-12H,8,10H2,1-7H3. The number of ether oxygens (including phenoxy) is 1. The van der Waals surface area contributed by atoms with Crippen molar-refractivity contribution in [1.82, 2.24) is 0 Å². The third-order valence-corrected chi connectivity index (χ3v) is 5.19. The summed E-state index contributed by atoms with van der Waals surface area (Å²) in [7, 11) is -0.973. The monoisotopic (exact) mass is 354 g/mol. The highest BCUT2D eigenvalue weighted by atomic mass is 32.1. The lowest BCUT2D eigenvalue weighted by Gasteiger charge is -2.32. The molecular formula is C18H28BFO3S. The van der Waals surface area contributed by atoms with Crippen LogP contribution < -0.4 is 0 Å². The number of hydrogen-bond donors (Lipinski definition) is 0. The Morgan fingerprint density at radius 2 is 1.79 bits per heavy atom. The fourth-order valence-corrected chi connectivity index (χ4v) is 3.06. The van der Waals surface area contributed by atoms with E-state index in [9.17, 15) is 0 Å². The van der Waals surface area contributed by atoms with Crippen LogP contribution in [0.15, 0.2) is 22.6 Å². The van der Waals surface area contributed by atoms with Crippen molar-refractivity contribution in [2.24, 2.45) is 0 Å². The van der Waals surface area contributed by atoms with Gasteiger partial charge in [0.2, 0.25) is 0 Å². The molecule has 2 heterocycles. The van der Waals surface area contributed by atoms with Gasteiger partial charge >= 0.3 is 7.12 Å². The summed E-state index contributed by atoms with van der Waals surface area (Å²) in [5.41, 5.74) is -0.262. The van der Waals surface area contributed by atoms with Crippen molar-refractivity contribution in [3.8, 4) is 0 Å². The van der Waals surface area contributed by atoms with Gasteiger partial charge in [-0.15, -0.1) is 0 Å². The maximum atomic E-state index is 15.2. The average molecular weight is 354 g/mol. The summed E-state index contributed by atoms with van der Waals surface area (Å²) in [6.45, 7) is 14.1. The van der Waals surface area contributed by atoms with Crippen LogP contribution in [0.1, 0.15) is 60.5 Å². The summed E-state index contributed by atoms with van der Waals surface area (Å²) in [4.78, 5) is 0. The Hall–Kier alpha value is -0.685. The summed E-state index contributed by atoms with van der Waals surface area (Å²) in [6, 6.07) is 1.92. The highest BCUT2D eigenvalue weighted by molar-refractivity contribution is 7.08. The summed E-state index contributed by atoms with van der Waals surface area (Å²) < 4.78 is 32.7. The first kappa shape index (κ1) is 19.6. The van der Waals surface area contributed by atoms with E-state index in [4.69, 9.17) is 14.0 Å². The molecule has 3 nitrogen and oxygen atoms in total. The minimum absolute atomic E-state index is 0.249. The van der Waals surface area contributed by atoms with E-state index in [2.05, 4.69) is 0 Å². The molecule has 1 saturated heterocycles. The van der Waals surface area contributed by atoms with Gasteiger partial charge in [-0.3, -0.25) is 0 Å². The van der Waals surface area contributed by atoms with E-state index >= 15 is 4.39 Å². The first-order chi connectivity index (χ1) is 10.9. The van der Waals surface area contributed by atoms with Gasteiger partial charge in [-0.05, 0) is 82.9 Å². The minimum atomic E-state index is -0.973. The molecule has 2 rings (SSSR count). The van der Waals surface area contributed by atoms with E-state index in [0.29, 0.717) is 18.6 Å². The van der Waals surface area contributed by atoms with Gasteiger partial charge in [0.15, 0.2) is 0 Å². The van der Waals surface area contributed by atoms with E-state index in [0.717, 1.165) is 5.56 Å². The Morgan fingerprint density at radius 1 is 1.21 bits per heavy atom. The summed E-state index contributed by atoms with van der Waals surface area (Å²) in [5.74, 6) is 0. The number of halogens is 1. The maximum absolute atomic E-state index is 15.2. The molecule has 0 saturated carbocycles. The molecule has 0 aliphatic carbocycles. The molecule has 0 N–H and O–H groups in total. The Labute approximate surface area is 149 Å². The highest BCUT2D eigenvalue weighted by Gasteiger charge is 2.53. The first-order valence-corrected chi connectivity index (χ1v) is 9.28. The Bertz CT molecular complexity index is 572. The molecule has 0 unspecified atom stereocenters. The normalized spacial score (nSPS) is 21.1. The molecule has 0 amide bonds. The molecule has 0 radical (unpaired) electrons. The van der Waals surface area contributed by atoms with Crippen molar-refractivity contribution >= 4 is 24.0 Å². The van der Waals surface area contributed by atoms with Crippen LogP contribution in [0.4, 0.5) is 4.39 Å². The van der Waals surface area contributed by atoms with E-state index in [1.165, 1.54) is 0 Å². The molecular weight excluding hydrogens is 326 g/mol. The van der Waals surface area contributed by atoms with Gasteiger partial charge in [0.1, 0.15) is 5.73 Å². The van der Waals surface area contributed by atoms with Crippen molar-refractivity contribution in [2.75, 3.05) is 6.61 Å². The van der Waals surface area contributed by atoms with Crippen molar-refractivity contribution in [2.45, 2.75) is 71.7 Å². The third-order valence-electron chi connectivity index (χ3n) is 4.51. The molecule has 0 spiro atoms. The van der Waals surface area contributed by atoms with E-state index < -0.39 is 18.3 Å². The molecule has 6 heteroatoms. The largest absolute Gasteiger partial charge is 0.525 e. The second-order valence-electron chi connectivity index (χ2n) is 8.14. The lowest BCUT2D eigenvalue weighted by atomic mass is 9.82. The molecule has 1 aliphatic heterocycles. The lowest BCUT2D eigenvalue weighted by molar-refractivity contribution is 0.000566. The van der Waals surface area contributed by atoms with Crippen LogP contribution in [0.25, 0.3) is 5.57 Å². The van der Waals surface area contributed by atoms with Crippen molar-refractivity contribution in [3.63, 3.8) is 0 Å². The van der Waals surface area contributed by atoms with Gasteiger partial charge in [-0.1, -0.05) is 0 Å². The van der Waals surface area contributed by atoms with Crippen LogP contribution in [0.5, 0.6) is 0 Å². The zero-order chi connectivity index (χ0) is 18.2. The fourth-order valence-electron chi connectivity index (χ4n) is 2.39. The number of hydrogen-bond acceptors (Lipinski definition) is 4. The first-order valence-electron chi connectivity index (χ1n) is 8.34. The predicted molar refractivity (Wildman–Crippen MR) is 98.8 cm³/mol. The Morgan fingerprint density at radius 3 is 2.25 bits per heavy atom. The summed E-state index contributed by atoms with van der Waals surface area (Å²) >= 11 is 1.54. The van der Waals surface area contributed by atoms with E-state index in [1.54, 1.807) is 11.3 Å². The van der Waals surface area contributed by atoms with Gasteiger partial charge in [-0.2, -0.15) is 11.3 Å². The minimum Gasteiger partial charge on any atom is -0.398 e. The topological polar surface area (TPSA) is 27.7 Å². The lowest BCUT2D eigenvalue weighted by Crippen LogP contribution is -2.41. The molecule has 1 aliphatic rings. The zero-order valence-corrected chi connectivity index (χ0v) is 16.6. The molecule has 1 aromatic rings. The van der Waals surface area contributed by atoms with Crippen LogP contribution in [0.2, 0.25) is 0 Å². The highest BCUT2D eigenvalue weighted by Crippen LogP contribution is 2.40. The summed E-state index contributed by atoms with van der Waals surface area (Å²) in [6.07, 6.45) is 0.476. The van der Waals surface area contributed by atoms with Crippen molar-refractivity contribution in [3.05, 3.63) is 28.1 Å². The van der Waals surface area contributed by atoms with Gasteiger partial charge in [0.05, 0.1) is 23.4 Å². The van der Waals surface area contributed by atoms with Gasteiger partial charge in [0, 0.05) is 0 Å². The third kappa shape index (κ3) is 4.48. The summed E-state index contributed by atoms with van der Waals surface area (Å²) in [5, 5.41) is 3.88. The number of rotatable bonds is 5. The zero-order valence-electron chi connectivity index (χ0n) is 15.7. The van der Waals surface area contributed by atoms with E-state index in [-0.39, 0.29) is 11.3 Å². The average Bonchev–Trinajstić information content (AvgIpc) is 3.00. The van der Waals surface area contributed by atoms with Gasteiger partial charge in [0.25, 0.3) is 0 Å². The van der Waals surface area contributed by atoms with Crippen LogP contribution in [0.3, 0.4) is 0 Å². The molecule has 24 heavy (non-hydrogen) atoms. The second kappa shape index (κ2) is 6.91. The van der Waals surface area contributed by atoms with Crippen molar-refractivity contribution < 1.29 is 18.4 Å². The predicted octanol–water partition coefficient (Wildman–Crippen LogP) is 5.27. The van der Waals surface area contributed by atoms with E-state index in [1.807, 2.05) is 65.3 Å². The van der Waals surface area contributed by atoms with Gasteiger partial charge < -0.3 is 14.0 Å². The molecule has 1 aromatic heterocycles. The smallest absolute Gasteiger partial charge is 0.398 e. The number of thiophene rings is 1. The molecule has 0 atom stereocenters. The maximum Gasteiger partial charge on any atom is 0.525 e. The van der Waals surface area contributed by atoms with Crippen LogP contribution in [0, 0.1) is 0 Å². The van der Waals surface area contributed by atoms with Crippen LogP contribution in [-0.4, -0.2) is 30.5 Å². The second-order valence-corrected chi connectivity index (χ2v) is 8.92. The van der Waals surface area contributed by atoms with Crippen LogP contribution >= 0.6 is 11.3 Å². The molecule has 0 bridgehead atoms. The quantitative estimate of drug-likeness (QED) is 0.675. The Kier molecular flexibility index (Phi) is 5.65. The van der Waals surface area contributed by atoms with Crippen molar-refractivity contribution in [1.29, 1.82) is 0 Å². The molecule has 0 aromatic carbocycles. The van der Waals surface area contributed by atoms with Gasteiger partial charge in [-0.25, -0.2) is 4.39 Å². The van der Waals surface area contributed by atoms with Crippen LogP contribution in [-0.2, 0) is 14.0 Å². The Balaban J connectivity index is 2.24. The molecule has 1 fully saturated rings.